The standard InChI is InChI=1S/C5H7FN2S.ClH/c6-5-2-1-4(9-5)3-8-7;/h1-2,8H,3,7H2;1H. The number of hydrazine groups is 1. The molecule has 0 aliphatic heterocycles. The second-order valence-corrected chi connectivity index (χ2v) is 2.71. The van der Waals surface area contributed by atoms with Gasteiger partial charge in [-0.1, -0.05) is 0 Å². The Bertz CT molecular complexity index is 192. The first kappa shape index (κ1) is 9.84. The molecule has 3 N–H and O–H groups in total. The molecule has 0 unspecified atom stereocenters. The molecule has 2 nitrogen and oxygen atoms in total. The second-order valence-electron chi connectivity index (χ2n) is 1.59. The highest BCUT2D eigenvalue weighted by atomic mass is 35.5. The first-order valence-corrected chi connectivity index (χ1v) is 3.32. The van der Waals surface area contributed by atoms with Gasteiger partial charge in [0.1, 0.15) is 0 Å². The van der Waals surface area contributed by atoms with E-state index in [1.165, 1.54) is 6.07 Å². The van der Waals surface area contributed by atoms with Crippen LogP contribution in [0, 0.1) is 5.13 Å². The smallest absolute Gasteiger partial charge is 0.176 e. The Morgan fingerprint density at radius 2 is 2.30 bits per heavy atom. The molecule has 0 spiro atoms. The third-order valence-corrected chi connectivity index (χ3v) is 1.78. The lowest BCUT2D eigenvalue weighted by Crippen LogP contribution is -2.19. The Kier molecular flexibility index (Phi) is 4.55. The Balaban J connectivity index is 0.000000810. The molecule has 0 aliphatic carbocycles. The van der Waals surface area contributed by atoms with E-state index < -0.39 is 0 Å². The van der Waals surface area contributed by atoms with Crippen LogP contribution in [0.4, 0.5) is 4.39 Å². The van der Waals surface area contributed by atoms with Crippen molar-refractivity contribution >= 4 is 23.7 Å². The first-order valence-electron chi connectivity index (χ1n) is 2.50. The monoisotopic (exact) mass is 182 g/mol. The maximum atomic E-state index is 12.2. The largest absolute Gasteiger partial charge is 0.271 e. The zero-order chi connectivity index (χ0) is 6.69. The van der Waals surface area contributed by atoms with Crippen LogP contribution in [0.3, 0.4) is 0 Å². The zero-order valence-corrected chi connectivity index (χ0v) is 6.77. The van der Waals surface area contributed by atoms with Crippen molar-refractivity contribution in [1.82, 2.24) is 5.43 Å². The highest BCUT2D eigenvalue weighted by molar-refractivity contribution is 7.10. The van der Waals surface area contributed by atoms with Crippen LogP contribution in [0.25, 0.3) is 0 Å². The Labute approximate surface area is 68.6 Å². The summed E-state index contributed by atoms with van der Waals surface area (Å²) in [5, 5.41) is -0.166. The fraction of sp³-hybridized carbons (Fsp3) is 0.200. The highest BCUT2D eigenvalue weighted by Gasteiger charge is 1.95. The van der Waals surface area contributed by atoms with Gasteiger partial charge in [0, 0.05) is 11.4 Å². The molecule has 1 heterocycles. The lowest BCUT2D eigenvalue weighted by Gasteiger charge is -1.89. The summed E-state index contributed by atoms with van der Waals surface area (Å²) < 4.78 is 12.2. The first-order chi connectivity index (χ1) is 4.33. The van der Waals surface area contributed by atoms with Crippen molar-refractivity contribution in [1.29, 1.82) is 0 Å². The molecule has 0 radical (unpaired) electrons. The molecule has 1 rings (SSSR count). The third-order valence-electron chi connectivity index (χ3n) is 0.905. The van der Waals surface area contributed by atoms with Gasteiger partial charge in [-0.15, -0.1) is 23.7 Å². The minimum Gasteiger partial charge on any atom is -0.271 e. The van der Waals surface area contributed by atoms with Crippen LogP contribution in [0.5, 0.6) is 0 Å². The predicted octanol–water partition coefficient (Wildman–Crippen LogP) is 1.27. The summed E-state index contributed by atoms with van der Waals surface area (Å²) in [5.74, 6) is 5.00. The van der Waals surface area contributed by atoms with Crippen molar-refractivity contribution in [2.75, 3.05) is 0 Å². The van der Waals surface area contributed by atoms with E-state index in [0.29, 0.717) is 6.54 Å². The molecular weight excluding hydrogens is 175 g/mol. The minimum atomic E-state index is -0.166. The highest BCUT2D eigenvalue weighted by Crippen LogP contribution is 2.12. The van der Waals surface area contributed by atoms with Gasteiger partial charge in [0.25, 0.3) is 0 Å². The number of nitrogens with one attached hydrogen (secondary N) is 1. The number of nitrogens with two attached hydrogens (primary N) is 1. The van der Waals surface area contributed by atoms with Crippen LogP contribution in [-0.4, -0.2) is 0 Å². The van der Waals surface area contributed by atoms with Gasteiger partial charge in [-0.2, -0.15) is 4.39 Å². The summed E-state index contributed by atoms with van der Waals surface area (Å²) in [4.78, 5) is 0.912. The van der Waals surface area contributed by atoms with E-state index in [1.807, 2.05) is 0 Å². The Morgan fingerprint density at radius 3 is 2.70 bits per heavy atom. The van der Waals surface area contributed by atoms with Gasteiger partial charge < -0.3 is 0 Å². The van der Waals surface area contributed by atoms with Crippen LogP contribution >= 0.6 is 23.7 Å². The van der Waals surface area contributed by atoms with Crippen molar-refractivity contribution in [3.05, 3.63) is 22.1 Å². The molecule has 5 heteroatoms. The van der Waals surface area contributed by atoms with E-state index in [4.69, 9.17) is 5.84 Å². The molecule has 0 bridgehead atoms. The normalized spacial score (nSPS) is 9.00. The molecule has 0 atom stereocenters. The average molecular weight is 183 g/mol. The molecule has 0 saturated heterocycles. The van der Waals surface area contributed by atoms with Crippen LogP contribution in [0.2, 0.25) is 0 Å². The summed E-state index contributed by atoms with van der Waals surface area (Å²) in [6, 6.07) is 3.14. The summed E-state index contributed by atoms with van der Waals surface area (Å²) in [7, 11) is 0. The van der Waals surface area contributed by atoms with E-state index in [2.05, 4.69) is 5.43 Å². The third kappa shape index (κ3) is 2.62. The fourth-order valence-electron chi connectivity index (χ4n) is 0.547. The van der Waals surface area contributed by atoms with Gasteiger partial charge in [-0.3, -0.25) is 11.3 Å². The molecular formula is C5H8ClFN2S. The van der Waals surface area contributed by atoms with Gasteiger partial charge in [0.2, 0.25) is 0 Å². The zero-order valence-electron chi connectivity index (χ0n) is 5.13. The molecule has 0 saturated carbocycles. The van der Waals surface area contributed by atoms with E-state index in [9.17, 15) is 4.39 Å². The summed E-state index contributed by atoms with van der Waals surface area (Å²) in [6.07, 6.45) is 0. The second kappa shape index (κ2) is 4.62. The van der Waals surface area contributed by atoms with Crippen LogP contribution in [0.15, 0.2) is 12.1 Å². The average Bonchev–Trinajstić information content (AvgIpc) is 2.17. The number of thiophene rings is 1. The van der Waals surface area contributed by atoms with E-state index in [-0.39, 0.29) is 17.5 Å². The van der Waals surface area contributed by atoms with E-state index in [0.717, 1.165) is 16.2 Å². The van der Waals surface area contributed by atoms with Gasteiger partial charge >= 0.3 is 0 Å². The Hall–Kier alpha value is -0.160. The van der Waals surface area contributed by atoms with Crippen molar-refractivity contribution < 1.29 is 4.39 Å². The van der Waals surface area contributed by atoms with Gasteiger partial charge in [0.15, 0.2) is 5.13 Å². The topological polar surface area (TPSA) is 38.0 Å². The van der Waals surface area contributed by atoms with Crippen molar-refractivity contribution in [3.63, 3.8) is 0 Å². The van der Waals surface area contributed by atoms with Gasteiger partial charge in [0.05, 0.1) is 0 Å². The minimum absolute atomic E-state index is 0. The summed E-state index contributed by atoms with van der Waals surface area (Å²) >= 11 is 1.10. The lowest BCUT2D eigenvalue weighted by molar-refractivity contribution is 0.657. The summed E-state index contributed by atoms with van der Waals surface area (Å²) in [5.41, 5.74) is 2.44. The lowest BCUT2D eigenvalue weighted by atomic mass is 10.5. The molecule has 0 aliphatic rings. The number of hydrogen-bond acceptors (Lipinski definition) is 3. The van der Waals surface area contributed by atoms with Gasteiger partial charge in [-0.05, 0) is 12.1 Å². The van der Waals surface area contributed by atoms with Crippen LogP contribution < -0.4 is 11.3 Å². The molecule has 0 fully saturated rings. The molecule has 1 aromatic heterocycles. The number of rotatable bonds is 2. The molecule has 0 amide bonds. The number of hydrogen-bond donors (Lipinski definition) is 2. The van der Waals surface area contributed by atoms with E-state index >= 15 is 0 Å². The molecule has 0 aromatic carbocycles. The van der Waals surface area contributed by atoms with Gasteiger partial charge in [-0.25, -0.2) is 0 Å². The fourth-order valence-corrected chi connectivity index (χ4v) is 1.23. The van der Waals surface area contributed by atoms with Crippen molar-refractivity contribution in [2.45, 2.75) is 6.54 Å². The Morgan fingerprint density at radius 1 is 1.60 bits per heavy atom. The maximum absolute atomic E-state index is 12.2. The van der Waals surface area contributed by atoms with E-state index in [1.54, 1.807) is 6.07 Å². The predicted molar refractivity (Wildman–Crippen MR) is 42.6 cm³/mol. The van der Waals surface area contributed by atoms with Crippen molar-refractivity contribution in [3.8, 4) is 0 Å². The maximum Gasteiger partial charge on any atom is 0.176 e. The van der Waals surface area contributed by atoms with Crippen LogP contribution in [-0.2, 0) is 6.54 Å². The molecule has 1 aromatic rings. The number of halogens is 2. The quantitative estimate of drug-likeness (QED) is 0.534. The molecule has 58 valence electrons. The van der Waals surface area contributed by atoms with Crippen LogP contribution in [0.1, 0.15) is 4.88 Å². The summed E-state index contributed by atoms with van der Waals surface area (Å²) in [6.45, 7) is 0.536. The van der Waals surface area contributed by atoms with Crippen molar-refractivity contribution in [2.24, 2.45) is 5.84 Å². The SMILES string of the molecule is Cl.NNCc1ccc(F)s1. The molecule has 10 heavy (non-hydrogen) atoms.